The fourth-order valence-corrected chi connectivity index (χ4v) is 6.66. The van der Waals surface area contributed by atoms with Crippen molar-refractivity contribution in [1.29, 1.82) is 0 Å². The largest absolute Gasteiger partial charge is 0.397 e. The molecule has 0 unspecified atom stereocenters. The Kier molecular flexibility index (Phi) is 5.04. The molecule has 0 atom stereocenters. The summed E-state index contributed by atoms with van der Waals surface area (Å²) < 4.78 is 0. The molecule has 5 rings (SSSR count). The summed E-state index contributed by atoms with van der Waals surface area (Å²) >= 11 is 1.53. The van der Waals surface area contributed by atoms with Crippen LogP contribution in [0.4, 0.5) is 5.69 Å². The fourth-order valence-electron chi connectivity index (χ4n) is 5.62. The summed E-state index contributed by atoms with van der Waals surface area (Å²) in [6.07, 6.45) is 15.5. The van der Waals surface area contributed by atoms with E-state index in [1.165, 1.54) is 67.5 Å². The lowest BCUT2D eigenvalue weighted by Gasteiger charge is -2.41. The first-order valence-electron chi connectivity index (χ1n) is 11.3. The highest BCUT2D eigenvalue weighted by atomic mass is 32.1. The first kappa shape index (κ1) is 18.4. The zero-order valence-corrected chi connectivity index (χ0v) is 17.5. The molecule has 1 amide bonds. The number of pyridine rings is 1. The van der Waals surface area contributed by atoms with E-state index in [4.69, 9.17) is 10.7 Å². The number of anilines is 1. The molecule has 2 N–H and O–H groups in total. The fraction of sp³-hybridized carbons (Fsp3) is 0.652. The number of aryl methyl sites for hydroxylation is 2. The molecule has 2 aromatic heterocycles. The SMILES string of the molecule is Nc1c(C(=O)N(C2CCCCC2)C2CCCCC2)sc2nc3c(cc12)CCC3. The van der Waals surface area contributed by atoms with Gasteiger partial charge >= 0.3 is 0 Å². The van der Waals surface area contributed by atoms with Crippen molar-refractivity contribution in [2.45, 2.75) is 95.6 Å². The molecule has 0 aliphatic heterocycles. The minimum absolute atomic E-state index is 0.180. The normalized spacial score (nSPS) is 21.1. The Morgan fingerprint density at radius 2 is 1.61 bits per heavy atom. The molecule has 0 spiro atoms. The number of fused-ring (bicyclic) bond motifs is 2. The lowest BCUT2D eigenvalue weighted by atomic mass is 9.88. The molecule has 2 aromatic rings. The molecule has 3 aliphatic rings. The van der Waals surface area contributed by atoms with Gasteiger partial charge in [-0.1, -0.05) is 38.5 Å². The number of nitrogens with zero attached hydrogens (tertiary/aromatic N) is 2. The highest BCUT2D eigenvalue weighted by Crippen LogP contribution is 2.39. The second kappa shape index (κ2) is 7.66. The highest BCUT2D eigenvalue weighted by molar-refractivity contribution is 7.21. The average molecular weight is 398 g/mol. The van der Waals surface area contributed by atoms with Crippen LogP contribution in [0.1, 0.15) is 91.6 Å². The van der Waals surface area contributed by atoms with Crippen molar-refractivity contribution in [3.8, 4) is 0 Å². The van der Waals surface area contributed by atoms with E-state index >= 15 is 0 Å². The van der Waals surface area contributed by atoms with Crippen molar-refractivity contribution in [2.24, 2.45) is 0 Å². The smallest absolute Gasteiger partial charge is 0.266 e. The summed E-state index contributed by atoms with van der Waals surface area (Å²) in [7, 11) is 0. The minimum atomic E-state index is 0.180. The predicted octanol–water partition coefficient (Wildman–Crippen LogP) is 5.47. The third-order valence-electron chi connectivity index (χ3n) is 7.11. The molecule has 4 nitrogen and oxygen atoms in total. The van der Waals surface area contributed by atoms with Crippen LogP contribution < -0.4 is 5.73 Å². The van der Waals surface area contributed by atoms with Crippen LogP contribution in [-0.4, -0.2) is 27.9 Å². The Bertz CT molecular complexity index is 860. The molecule has 28 heavy (non-hydrogen) atoms. The van der Waals surface area contributed by atoms with Crippen LogP contribution in [0.3, 0.4) is 0 Å². The Morgan fingerprint density at radius 1 is 0.964 bits per heavy atom. The number of carbonyl (C=O) groups is 1. The molecule has 0 aromatic carbocycles. The van der Waals surface area contributed by atoms with E-state index in [1.54, 1.807) is 0 Å². The molecule has 0 radical (unpaired) electrons. The van der Waals surface area contributed by atoms with Crippen LogP contribution in [0.15, 0.2) is 6.07 Å². The van der Waals surface area contributed by atoms with Gasteiger partial charge in [-0.05, 0) is 56.6 Å². The van der Waals surface area contributed by atoms with Crippen molar-refractivity contribution >= 4 is 33.1 Å². The number of rotatable bonds is 3. The van der Waals surface area contributed by atoms with Crippen molar-refractivity contribution < 1.29 is 4.79 Å². The number of thiophene rings is 1. The van der Waals surface area contributed by atoms with Crippen molar-refractivity contribution in [2.75, 3.05) is 5.73 Å². The van der Waals surface area contributed by atoms with E-state index in [9.17, 15) is 4.79 Å². The standard InChI is InChI=1S/C23H31N3OS/c24-20-18-14-15-8-7-13-19(15)25-22(18)28-21(20)23(27)26(16-9-3-1-4-10-16)17-11-5-2-6-12-17/h14,16-17H,1-13,24H2. The van der Waals surface area contributed by atoms with E-state index in [2.05, 4.69) is 11.0 Å². The maximum atomic E-state index is 13.8. The van der Waals surface area contributed by atoms with E-state index in [-0.39, 0.29) is 5.91 Å². The van der Waals surface area contributed by atoms with Crippen molar-refractivity contribution in [3.63, 3.8) is 0 Å². The van der Waals surface area contributed by atoms with Crippen molar-refractivity contribution in [3.05, 3.63) is 22.2 Å². The summed E-state index contributed by atoms with van der Waals surface area (Å²) in [6.45, 7) is 0. The number of nitrogens with two attached hydrogens (primary N) is 1. The molecule has 5 heteroatoms. The lowest BCUT2D eigenvalue weighted by Crippen LogP contribution is -2.48. The Morgan fingerprint density at radius 3 is 2.25 bits per heavy atom. The molecule has 0 saturated heterocycles. The Labute approximate surface area is 171 Å². The second-order valence-corrected chi connectivity index (χ2v) is 9.94. The van der Waals surface area contributed by atoms with Gasteiger partial charge in [-0.25, -0.2) is 4.98 Å². The van der Waals surface area contributed by atoms with Crippen LogP contribution in [0, 0.1) is 0 Å². The monoisotopic (exact) mass is 397 g/mol. The van der Waals surface area contributed by atoms with Gasteiger partial charge in [0.2, 0.25) is 0 Å². The van der Waals surface area contributed by atoms with Gasteiger partial charge in [0.25, 0.3) is 5.91 Å². The first-order chi connectivity index (χ1) is 13.7. The number of nitrogen functional groups attached to an aromatic ring is 1. The van der Waals surface area contributed by atoms with Gasteiger partial charge in [-0.15, -0.1) is 11.3 Å². The highest BCUT2D eigenvalue weighted by Gasteiger charge is 2.35. The maximum Gasteiger partial charge on any atom is 0.266 e. The lowest BCUT2D eigenvalue weighted by molar-refractivity contribution is 0.0454. The van der Waals surface area contributed by atoms with Gasteiger partial charge in [-0.3, -0.25) is 4.79 Å². The molecule has 0 bridgehead atoms. The van der Waals surface area contributed by atoms with Crippen LogP contribution in [0.2, 0.25) is 0 Å². The van der Waals surface area contributed by atoms with Gasteiger partial charge in [-0.2, -0.15) is 0 Å². The summed E-state index contributed by atoms with van der Waals surface area (Å²) in [5.74, 6) is 0.180. The average Bonchev–Trinajstić information content (AvgIpc) is 3.32. The van der Waals surface area contributed by atoms with E-state index < -0.39 is 0 Å². The van der Waals surface area contributed by atoms with Gasteiger partial charge < -0.3 is 10.6 Å². The summed E-state index contributed by atoms with van der Waals surface area (Å²) in [6, 6.07) is 3.00. The topological polar surface area (TPSA) is 59.2 Å². The third kappa shape index (κ3) is 3.22. The van der Waals surface area contributed by atoms with E-state index in [0.717, 1.165) is 53.6 Å². The van der Waals surface area contributed by atoms with Gasteiger partial charge in [0, 0.05) is 23.2 Å². The van der Waals surface area contributed by atoms with Crippen LogP contribution in [-0.2, 0) is 12.8 Å². The summed E-state index contributed by atoms with van der Waals surface area (Å²) in [5.41, 5.74) is 9.76. The van der Waals surface area contributed by atoms with Gasteiger partial charge in [0.05, 0.1) is 5.69 Å². The number of carbonyl (C=O) groups excluding carboxylic acids is 1. The number of aromatic nitrogens is 1. The molecule has 2 heterocycles. The number of hydrogen-bond donors (Lipinski definition) is 1. The number of amides is 1. The molecule has 3 aliphatic carbocycles. The molecular formula is C23H31N3OS. The maximum absolute atomic E-state index is 13.8. The number of hydrogen-bond acceptors (Lipinski definition) is 4. The second-order valence-electron chi connectivity index (χ2n) is 8.94. The Balaban J connectivity index is 1.51. The Hall–Kier alpha value is -1.62. The molecule has 2 saturated carbocycles. The zero-order valence-electron chi connectivity index (χ0n) is 16.7. The van der Waals surface area contributed by atoms with Gasteiger partial charge in [0.15, 0.2) is 0 Å². The molecule has 150 valence electrons. The summed E-state index contributed by atoms with van der Waals surface area (Å²) in [4.78, 5) is 22.6. The van der Waals surface area contributed by atoms with E-state index in [0.29, 0.717) is 17.8 Å². The van der Waals surface area contributed by atoms with Crippen LogP contribution in [0.25, 0.3) is 10.2 Å². The summed E-state index contributed by atoms with van der Waals surface area (Å²) in [5, 5.41) is 1.00. The third-order valence-corrected chi connectivity index (χ3v) is 8.22. The van der Waals surface area contributed by atoms with Crippen molar-refractivity contribution in [1.82, 2.24) is 9.88 Å². The molecular weight excluding hydrogens is 366 g/mol. The molecule has 2 fully saturated rings. The van der Waals surface area contributed by atoms with Gasteiger partial charge in [0.1, 0.15) is 9.71 Å². The predicted molar refractivity (Wildman–Crippen MR) is 116 cm³/mol. The zero-order chi connectivity index (χ0) is 19.1. The van der Waals surface area contributed by atoms with Crippen LogP contribution in [0.5, 0.6) is 0 Å². The van der Waals surface area contributed by atoms with Crippen LogP contribution >= 0.6 is 11.3 Å². The minimum Gasteiger partial charge on any atom is -0.397 e. The first-order valence-corrected chi connectivity index (χ1v) is 12.1. The quantitative estimate of drug-likeness (QED) is 0.746. The van der Waals surface area contributed by atoms with E-state index in [1.807, 2.05) is 0 Å².